The number of carbonyl (C=O) groups excluding carboxylic acids is 1. The smallest absolute Gasteiger partial charge is 0.410 e. The van der Waals surface area contributed by atoms with E-state index in [4.69, 9.17) is 10.5 Å². The third-order valence-corrected chi connectivity index (χ3v) is 3.71. The second kappa shape index (κ2) is 4.68. The monoisotopic (exact) mass is 258 g/mol. The van der Waals surface area contributed by atoms with Gasteiger partial charge in [0, 0.05) is 12.1 Å². The molecule has 2 aliphatic heterocycles. The SMILES string of the molecule is CC(C)(C)OC(=O)N1[C@H]2CCC[C@@H]1[C@H](F)[C@H](N)C2. The molecule has 2 fully saturated rings. The molecular weight excluding hydrogens is 235 g/mol. The maximum Gasteiger partial charge on any atom is 0.410 e. The van der Waals surface area contributed by atoms with Gasteiger partial charge in [-0.15, -0.1) is 0 Å². The topological polar surface area (TPSA) is 55.6 Å². The van der Waals surface area contributed by atoms with Crippen molar-refractivity contribution < 1.29 is 13.9 Å². The lowest BCUT2D eigenvalue weighted by molar-refractivity contribution is -0.0461. The summed E-state index contributed by atoms with van der Waals surface area (Å²) < 4.78 is 19.5. The van der Waals surface area contributed by atoms with E-state index in [0.717, 1.165) is 12.8 Å². The van der Waals surface area contributed by atoms with Crippen LogP contribution in [0.4, 0.5) is 9.18 Å². The Balaban J connectivity index is 2.14. The van der Waals surface area contributed by atoms with Gasteiger partial charge in [-0.1, -0.05) is 0 Å². The van der Waals surface area contributed by atoms with Gasteiger partial charge >= 0.3 is 6.09 Å². The summed E-state index contributed by atoms with van der Waals surface area (Å²) in [5.74, 6) is 0. The number of carbonyl (C=O) groups is 1. The molecule has 0 aromatic heterocycles. The molecule has 0 saturated carbocycles. The van der Waals surface area contributed by atoms with Crippen molar-refractivity contribution in [1.82, 2.24) is 4.90 Å². The van der Waals surface area contributed by atoms with Crippen molar-refractivity contribution in [3.63, 3.8) is 0 Å². The molecule has 1 amide bonds. The summed E-state index contributed by atoms with van der Waals surface area (Å²) in [6.45, 7) is 5.47. The molecule has 4 atom stereocenters. The van der Waals surface area contributed by atoms with Gasteiger partial charge in [-0.05, 0) is 46.5 Å². The molecule has 2 saturated heterocycles. The van der Waals surface area contributed by atoms with E-state index in [-0.39, 0.29) is 6.04 Å². The van der Waals surface area contributed by atoms with E-state index < -0.39 is 29.9 Å². The van der Waals surface area contributed by atoms with Crippen molar-refractivity contribution in [2.75, 3.05) is 0 Å². The fraction of sp³-hybridized carbons (Fsp3) is 0.923. The van der Waals surface area contributed by atoms with E-state index in [0.29, 0.717) is 12.8 Å². The first kappa shape index (κ1) is 13.6. The number of rotatable bonds is 0. The first-order valence-electron chi connectivity index (χ1n) is 6.70. The molecule has 2 aliphatic rings. The number of amides is 1. The summed E-state index contributed by atoms with van der Waals surface area (Å²) in [5, 5.41) is 0. The Bertz CT molecular complexity index is 329. The quantitative estimate of drug-likeness (QED) is 0.724. The fourth-order valence-electron chi connectivity index (χ4n) is 2.98. The van der Waals surface area contributed by atoms with E-state index in [1.807, 2.05) is 20.8 Å². The average molecular weight is 258 g/mol. The van der Waals surface area contributed by atoms with E-state index in [9.17, 15) is 9.18 Å². The van der Waals surface area contributed by atoms with Crippen LogP contribution in [0.3, 0.4) is 0 Å². The Morgan fingerprint density at radius 3 is 2.67 bits per heavy atom. The predicted octanol–water partition coefficient (Wildman–Crippen LogP) is 2.21. The summed E-state index contributed by atoms with van der Waals surface area (Å²) in [7, 11) is 0. The molecule has 104 valence electrons. The lowest BCUT2D eigenvalue weighted by atomic mass is 9.81. The van der Waals surface area contributed by atoms with Gasteiger partial charge < -0.3 is 10.5 Å². The summed E-state index contributed by atoms with van der Waals surface area (Å²) in [6, 6.07) is -0.804. The number of halogens is 1. The zero-order valence-corrected chi connectivity index (χ0v) is 11.4. The number of hydrogen-bond donors (Lipinski definition) is 1. The van der Waals surface area contributed by atoms with Crippen LogP contribution in [0.25, 0.3) is 0 Å². The number of piperidine rings is 2. The van der Waals surface area contributed by atoms with Crippen LogP contribution in [0, 0.1) is 0 Å². The molecule has 0 radical (unpaired) electrons. The van der Waals surface area contributed by atoms with E-state index in [1.54, 1.807) is 4.90 Å². The highest BCUT2D eigenvalue weighted by molar-refractivity contribution is 5.69. The first-order valence-corrected chi connectivity index (χ1v) is 6.70. The highest BCUT2D eigenvalue weighted by Gasteiger charge is 2.47. The summed E-state index contributed by atoms with van der Waals surface area (Å²) in [6.07, 6.45) is 1.56. The van der Waals surface area contributed by atoms with Gasteiger partial charge in [0.15, 0.2) is 0 Å². The van der Waals surface area contributed by atoms with E-state index >= 15 is 0 Å². The molecule has 5 heteroatoms. The average Bonchev–Trinajstić information content (AvgIpc) is 2.23. The molecule has 0 spiro atoms. The lowest BCUT2D eigenvalue weighted by Crippen LogP contribution is -2.64. The summed E-state index contributed by atoms with van der Waals surface area (Å²) >= 11 is 0. The van der Waals surface area contributed by atoms with E-state index in [1.165, 1.54) is 0 Å². The summed E-state index contributed by atoms with van der Waals surface area (Å²) in [4.78, 5) is 13.8. The van der Waals surface area contributed by atoms with Gasteiger partial charge in [0.05, 0.1) is 6.04 Å². The van der Waals surface area contributed by atoms with Crippen LogP contribution >= 0.6 is 0 Å². The number of alkyl halides is 1. The Morgan fingerprint density at radius 1 is 1.39 bits per heavy atom. The maximum atomic E-state index is 14.1. The van der Waals surface area contributed by atoms with Crippen LogP contribution < -0.4 is 5.73 Å². The van der Waals surface area contributed by atoms with Gasteiger partial charge in [-0.25, -0.2) is 9.18 Å². The highest BCUT2D eigenvalue weighted by atomic mass is 19.1. The molecule has 4 nitrogen and oxygen atoms in total. The van der Waals surface area contributed by atoms with Gasteiger partial charge in [0.1, 0.15) is 11.8 Å². The second-order valence-corrected chi connectivity index (χ2v) is 6.38. The molecule has 2 heterocycles. The van der Waals surface area contributed by atoms with Crippen molar-refractivity contribution in [2.24, 2.45) is 5.73 Å². The minimum atomic E-state index is -1.13. The molecule has 0 aliphatic carbocycles. The van der Waals surface area contributed by atoms with Crippen molar-refractivity contribution >= 4 is 6.09 Å². The first-order chi connectivity index (χ1) is 8.29. The van der Waals surface area contributed by atoms with Gasteiger partial charge in [0.25, 0.3) is 0 Å². The standard InChI is InChI=1S/C13H23FN2O2/c1-13(2,3)18-12(17)16-8-5-4-6-10(16)11(14)9(15)7-8/h8-11H,4-7,15H2,1-3H3/t8-,9+,10+,11+/m0/s1. The molecule has 0 unspecified atom stereocenters. The van der Waals surface area contributed by atoms with Gasteiger partial charge in [-0.2, -0.15) is 0 Å². The molecule has 0 aromatic rings. The Hall–Kier alpha value is -0.840. The lowest BCUT2D eigenvalue weighted by Gasteiger charge is -2.49. The van der Waals surface area contributed by atoms with Gasteiger partial charge in [0.2, 0.25) is 0 Å². The van der Waals surface area contributed by atoms with Gasteiger partial charge in [-0.3, -0.25) is 4.90 Å². The van der Waals surface area contributed by atoms with Crippen LogP contribution in [0.1, 0.15) is 46.5 Å². The van der Waals surface area contributed by atoms with Crippen LogP contribution in [-0.4, -0.2) is 40.9 Å². The van der Waals surface area contributed by atoms with Crippen molar-refractivity contribution in [3.8, 4) is 0 Å². The normalized spacial score (nSPS) is 36.4. The number of nitrogens with two attached hydrogens (primary N) is 1. The third-order valence-electron chi connectivity index (χ3n) is 3.71. The Morgan fingerprint density at radius 2 is 2.06 bits per heavy atom. The number of hydrogen-bond acceptors (Lipinski definition) is 3. The fourth-order valence-corrected chi connectivity index (χ4v) is 2.98. The van der Waals surface area contributed by atoms with Crippen molar-refractivity contribution in [1.29, 1.82) is 0 Å². The highest BCUT2D eigenvalue weighted by Crippen LogP contribution is 2.36. The van der Waals surface area contributed by atoms with Crippen LogP contribution in [0.15, 0.2) is 0 Å². The largest absolute Gasteiger partial charge is 0.444 e. The number of ether oxygens (including phenoxy) is 1. The number of fused-ring (bicyclic) bond motifs is 2. The van der Waals surface area contributed by atoms with Crippen LogP contribution in [0.5, 0.6) is 0 Å². The van der Waals surface area contributed by atoms with Crippen molar-refractivity contribution in [2.45, 2.75) is 76.4 Å². The number of nitrogens with zero attached hydrogens (tertiary/aromatic N) is 1. The van der Waals surface area contributed by atoms with Crippen LogP contribution in [-0.2, 0) is 4.74 Å². The van der Waals surface area contributed by atoms with E-state index in [2.05, 4.69) is 0 Å². The Kier molecular flexibility index (Phi) is 3.54. The van der Waals surface area contributed by atoms with Crippen molar-refractivity contribution in [3.05, 3.63) is 0 Å². The van der Waals surface area contributed by atoms with Crippen LogP contribution in [0.2, 0.25) is 0 Å². The molecule has 18 heavy (non-hydrogen) atoms. The molecule has 2 rings (SSSR count). The second-order valence-electron chi connectivity index (χ2n) is 6.38. The minimum Gasteiger partial charge on any atom is -0.444 e. The Labute approximate surface area is 108 Å². The summed E-state index contributed by atoms with van der Waals surface area (Å²) in [5.41, 5.74) is 5.26. The zero-order valence-electron chi connectivity index (χ0n) is 11.4. The molecule has 0 aromatic carbocycles. The third kappa shape index (κ3) is 2.60. The molecule has 2 bridgehead atoms. The molecular formula is C13H23FN2O2. The molecule has 2 N–H and O–H groups in total. The zero-order chi connectivity index (χ0) is 13.5. The minimum absolute atomic E-state index is 0.0422. The predicted molar refractivity (Wildman–Crippen MR) is 67.0 cm³/mol. The maximum absolute atomic E-state index is 14.1.